The van der Waals surface area contributed by atoms with E-state index in [1.807, 2.05) is 138 Å². The Hall–Kier alpha value is -2.05. The first-order chi connectivity index (χ1) is 47.2. The Balaban J connectivity index is -0.000000174. The second-order valence-electron chi connectivity index (χ2n) is 42.0. The predicted octanol–water partition coefficient (Wildman–Crippen LogP) is 24.5. The number of esters is 3. The third-order valence-corrected chi connectivity index (χ3v) is 15.2. The Bertz CT molecular complexity index is 1890. The highest BCUT2D eigenvalue weighted by atomic mass is 32.2. The van der Waals surface area contributed by atoms with Crippen molar-refractivity contribution in [3.63, 3.8) is 0 Å². The minimum absolute atomic E-state index is 0.0197. The Labute approximate surface area is 666 Å². The van der Waals surface area contributed by atoms with Gasteiger partial charge in [-0.15, -0.1) is 0 Å². The molecule has 0 bridgehead atoms. The van der Waals surface area contributed by atoms with E-state index in [0.717, 1.165) is 19.6 Å². The monoisotopic (exact) mass is 1540 g/mol. The molecule has 0 saturated heterocycles. The summed E-state index contributed by atoms with van der Waals surface area (Å²) in [6.07, 6.45) is 16.5. The molecule has 0 aromatic carbocycles. The zero-order valence-corrected chi connectivity index (χ0v) is 80.1. The zero-order chi connectivity index (χ0) is 85.5. The van der Waals surface area contributed by atoms with Crippen LogP contribution in [0.25, 0.3) is 0 Å². The van der Waals surface area contributed by atoms with Gasteiger partial charge in [0.1, 0.15) is 6.10 Å². The molecule has 106 heavy (non-hydrogen) atoms. The molecule has 0 unspecified atom stereocenters. The summed E-state index contributed by atoms with van der Waals surface area (Å²) in [6.45, 7) is 95.9. The number of nitrogens with one attached hydrogen (secondary N) is 1. The highest BCUT2D eigenvalue weighted by Gasteiger charge is 2.23. The van der Waals surface area contributed by atoms with Crippen molar-refractivity contribution in [2.75, 3.05) is 71.2 Å². The molecule has 0 heterocycles. The molecule has 2 N–H and O–H groups in total. The van der Waals surface area contributed by atoms with Crippen molar-refractivity contribution in [3.8, 4) is 0 Å². The van der Waals surface area contributed by atoms with E-state index in [0.29, 0.717) is 83.4 Å². The molecule has 1 amide bonds. The highest BCUT2D eigenvalue weighted by molar-refractivity contribution is 7.99. The first-order valence-corrected chi connectivity index (χ1v) is 42.4. The fourth-order valence-corrected chi connectivity index (χ4v) is 9.26. The van der Waals surface area contributed by atoms with E-state index in [9.17, 15) is 24.3 Å². The number of hydrogen-bond acceptors (Lipinski definition) is 15. The molecule has 0 aliphatic carbocycles. The van der Waals surface area contributed by atoms with Crippen LogP contribution < -0.4 is 5.32 Å². The van der Waals surface area contributed by atoms with Crippen molar-refractivity contribution in [3.05, 3.63) is 0 Å². The molecule has 0 aromatic heterocycles. The molecule has 0 rings (SSSR count). The maximum absolute atomic E-state index is 11.5. The lowest BCUT2D eigenvalue weighted by molar-refractivity contribution is -0.189. The average Bonchev–Trinajstić information content (AvgIpc) is 0.901. The number of thioether (sulfide) groups is 1. The number of nitrogens with zero attached hydrogens (tertiary/aromatic N) is 1. The van der Waals surface area contributed by atoms with Gasteiger partial charge in [-0.25, -0.2) is 0 Å². The molecule has 15 nitrogen and oxygen atoms in total. The molecule has 0 saturated carbocycles. The van der Waals surface area contributed by atoms with Crippen LogP contribution in [0.1, 0.15) is 388 Å². The summed E-state index contributed by atoms with van der Waals surface area (Å²) in [6, 6.07) is 0. The second kappa shape index (κ2) is 62.4. The summed E-state index contributed by atoms with van der Waals surface area (Å²) in [4.78, 5) is 47.0. The summed E-state index contributed by atoms with van der Waals surface area (Å²) < 4.78 is 41.9. The van der Waals surface area contributed by atoms with Gasteiger partial charge < -0.3 is 53.2 Å². The molecule has 644 valence electrons. The van der Waals surface area contributed by atoms with Crippen LogP contribution in [0.4, 0.5) is 0 Å². The van der Waals surface area contributed by atoms with Gasteiger partial charge in [0.15, 0.2) is 0 Å². The van der Waals surface area contributed by atoms with E-state index in [4.69, 9.17) is 37.9 Å². The Morgan fingerprint density at radius 3 is 0.962 bits per heavy atom. The Morgan fingerprint density at radius 2 is 0.708 bits per heavy atom. The van der Waals surface area contributed by atoms with Gasteiger partial charge in [0.2, 0.25) is 12.2 Å². The number of aliphatic hydroxyl groups is 1. The van der Waals surface area contributed by atoms with Crippen LogP contribution in [0.2, 0.25) is 0 Å². The predicted molar refractivity (Wildman–Crippen MR) is 461 cm³/mol. The number of ether oxygens (including phenoxy) is 8. The average molecular weight is 1540 g/mol. The summed E-state index contributed by atoms with van der Waals surface area (Å²) in [5, 5.41) is 12.4. The van der Waals surface area contributed by atoms with Gasteiger partial charge in [0, 0.05) is 45.1 Å². The van der Waals surface area contributed by atoms with Crippen molar-refractivity contribution in [2.24, 2.45) is 55.7 Å². The summed E-state index contributed by atoms with van der Waals surface area (Å²) in [5.41, 5.74) is 2.13. The number of rotatable bonds is 35. The summed E-state index contributed by atoms with van der Waals surface area (Å²) in [7, 11) is 2.26. The maximum atomic E-state index is 11.5. The molecular formula is C90H190N2O13S. The minimum Gasteiger partial charge on any atom is -0.463 e. The smallest absolute Gasteiger partial charge is 0.311 e. The lowest BCUT2D eigenvalue weighted by Crippen LogP contribution is -2.35. The summed E-state index contributed by atoms with van der Waals surface area (Å²) in [5.74, 6) is 1.94. The number of amides is 1. The third-order valence-electron chi connectivity index (χ3n) is 14.0. The molecule has 0 aromatic rings. The SMILES string of the molecule is CC(C)(C)CCCOCCCC(C)(C)C.CC(C)(C)CCCSCCCC(C)(C)C.CC(C)(C)OCC(O)COC(C)(C)C.CC(C)(C)OCCCNC(=O)C(C)(C)C.CC(C)CC(=O)OC(C)C.CC(C)OC(C)C.CC(OC(=O)C(C)C)OC(=O)C(C)C.CN(CCCC(C)(C)C)CCCC(C)(C)C. The minimum atomic E-state index is -0.806. The zero-order valence-electron chi connectivity index (χ0n) is 79.3. The van der Waals surface area contributed by atoms with Gasteiger partial charge in [-0.2, -0.15) is 11.8 Å². The van der Waals surface area contributed by atoms with Gasteiger partial charge in [0.25, 0.3) is 0 Å². The van der Waals surface area contributed by atoms with Crippen LogP contribution in [0.15, 0.2) is 0 Å². The fraction of sp³-hybridized carbons (Fsp3) is 0.956. The van der Waals surface area contributed by atoms with E-state index >= 15 is 0 Å². The lowest BCUT2D eigenvalue weighted by Gasteiger charge is -2.25. The van der Waals surface area contributed by atoms with Crippen LogP contribution >= 0.6 is 11.8 Å². The first kappa shape index (κ1) is 120. The maximum Gasteiger partial charge on any atom is 0.311 e. The largest absolute Gasteiger partial charge is 0.463 e. The molecule has 0 spiro atoms. The quantitative estimate of drug-likeness (QED) is 0.0348. The first-order valence-electron chi connectivity index (χ1n) is 41.2. The topological polar surface area (TPSA) is 178 Å². The van der Waals surface area contributed by atoms with Crippen molar-refractivity contribution >= 4 is 35.6 Å². The lowest BCUT2D eigenvalue weighted by atomic mass is 9.90. The number of hydrogen-bond donors (Lipinski definition) is 2. The van der Waals surface area contributed by atoms with Crippen LogP contribution in [-0.4, -0.2) is 153 Å². The van der Waals surface area contributed by atoms with Gasteiger partial charge >= 0.3 is 17.9 Å². The van der Waals surface area contributed by atoms with Crippen LogP contribution in [-0.2, 0) is 57.1 Å². The normalized spacial score (nSPS) is 12.5. The van der Waals surface area contributed by atoms with E-state index in [-0.39, 0.29) is 64.0 Å². The highest BCUT2D eigenvalue weighted by Crippen LogP contribution is 2.27. The van der Waals surface area contributed by atoms with Gasteiger partial charge in [0.05, 0.1) is 60.2 Å². The Morgan fingerprint density at radius 1 is 0.396 bits per heavy atom. The molecule has 0 fully saturated rings. The molecule has 16 heteroatoms. The molecular weight excluding hydrogens is 1350 g/mol. The van der Waals surface area contributed by atoms with Crippen LogP contribution in [0.5, 0.6) is 0 Å². The second-order valence-corrected chi connectivity index (χ2v) is 43.2. The van der Waals surface area contributed by atoms with Crippen LogP contribution in [0.3, 0.4) is 0 Å². The Kier molecular flexibility index (Phi) is 70.4. The van der Waals surface area contributed by atoms with Crippen molar-refractivity contribution in [1.29, 1.82) is 0 Å². The third kappa shape index (κ3) is 126. The number of aliphatic hydroxyl groups excluding tert-OH is 1. The van der Waals surface area contributed by atoms with Gasteiger partial charge in [-0.1, -0.05) is 187 Å². The molecule has 0 aliphatic rings. The molecule has 0 atom stereocenters. The summed E-state index contributed by atoms with van der Waals surface area (Å²) >= 11 is 2.13. The van der Waals surface area contributed by atoms with Crippen molar-refractivity contribution in [1.82, 2.24) is 10.2 Å². The van der Waals surface area contributed by atoms with Crippen molar-refractivity contribution < 1.29 is 62.2 Å². The van der Waals surface area contributed by atoms with E-state index in [1.165, 1.54) is 109 Å². The van der Waals surface area contributed by atoms with E-state index in [2.05, 4.69) is 154 Å². The van der Waals surface area contributed by atoms with Gasteiger partial charge in [-0.05, 0) is 257 Å². The number of carbonyl (C=O) groups is 4. The van der Waals surface area contributed by atoms with Gasteiger partial charge in [-0.3, -0.25) is 19.2 Å². The van der Waals surface area contributed by atoms with E-state index in [1.54, 1.807) is 27.7 Å². The standard InChI is InChI=1S/C15H33N.C14H30O.C14H30S.C12H25NO2.C11H24O3.C10H18O4.C8H16O2.C6H14O/c1-14(2,3)10-8-12-16(7)13-9-11-15(4,5)6;2*1-13(2,3)9-7-11-15-12-8-10-14(4,5)6;1-11(2,3)10(14)13-8-7-9-15-12(4,5)6;1-10(2,3)13-7-9(12)8-14-11(4,5)6;1-6(2)9(11)13-8(5)14-10(12)7(3)4;1-6(2)5-8(9)10-7(3)4;1-5(2)7-6(3)4/h8-13H2,1-7H3;2*7-12H2,1-6H3;7-9H2,1-6H3,(H,13,14);9,12H,7-8H2,1-6H3;6-8H,1-5H3;6-7H,5H2,1-4H3;5-6H,1-4H3. The number of carbonyl (C=O) groups excluding carboxylic acids is 4. The fourth-order valence-electron chi connectivity index (χ4n) is 8.36. The van der Waals surface area contributed by atoms with Crippen molar-refractivity contribution in [2.45, 2.75) is 435 Å². The van der Waals surface area contributed by atoms with Crippen LogP contribution in [0, 0.1) is 55.7 Å². The van der Waals surface area contributed by atoms with E-state index < -0.39 is 12.4 Å². The molecule has 0 aliphatic heterocycles. The molecule has 0 radical (unpaired) electrons.